The maximum Gasteiger partial charge on any atom is 0.115 e. The standard InChI is InChI=1S/C19H27NO.ClH/c1-13-18-10-15-6-7-16(21)11-17(15)19(13,2)8-3-9-20(18)12-14-4-5-14;/h6-7,11,13-14,18,21H,3-5,8-10,12H2,1-2H3;1H/t13-,18-,19-;/m0./s1. The highest BCUT2D eigenvalue weighted by molar-refractivity contribution is 5.85. The van der Waals surface area contributed by atoms with Crippen molar-refractivity contribution in [3.8, 4) is 5.75 Å². The zero-order chi connectivity index (χ0) is 14.6. The molecule has 0 radical (unpaired) electrons. The normalized spacial score (nSPS) is 34.5. The second kappa shape index (κ2) is 5.72. The Bertz CT molecular complexity index is 556. The Hall–Kier alpha value is -0.730. The number of fused-ring (bicyclic) bond motifs is 4. The zero-order valence-corrected chi connectivity index (χ0v) is 14.5. The van der Waals surface area contributed by atoms with Crippen molar-refractivity contribution < 1.29 is 5.11 Å². The molecule has 3 atom stereocenters. The van der Waals surface area contributed by atoms with Crippen molar-refractivity contribution in [3.05, 3.63) is 29.3 Å². The molecule has 1 aromatic rings. The van der Waals surface area contributed by atoms with Crippen LogP contribution in [0.15, 0.2) is 18.2 Å². The van der Waals surface area contributed by atoms with Crippen LogP contribution in [-0.2, 0) is 11.8 Å². The summed E-state index contributed by atoms with van der Waals surface area (Å²) in [5.41, 5.74) is 3.12. The third-order valence-corrected chi connectivity index (χ3v) is 6.52. The Balaban J connectivity index is 0.00000144. The van der Waals surface area contributed by atoms with Crippen molar-refractivity contribution in [2.45, 2.75) is 57.4 Å². The molecule has 22 heavy (non-hydrogen) atoms. The molecule has 1 saturated heterocycles. The van der Waals surface area contributed by atoms with Crippen LogP contribution in [0.25, 0.3) is 0 Å². The Morgan fingerprint density at radius 1 is 1.32 bits per heavy atom. The SMILES string of the molecule is C[C@H]1[C@@H]2Cc3ccc(O)cc3[C@@]1(C)CCCN2CC1CC1.Cl. The minimum atomic E-state index is 0. The largest absolute Gasteiger partial charge is 0.508 e. The maximum absolute atomic E-state index is 9.93. The van der Waals surface area contributed by atoms with Gasteiger partial charge in [-0.2, -0.15) is 0 Å². The van der Waals surface area contributed by atoms with Gasteiger partial charge in [0.25, 0.3) is 0 Å². The van der Waals surface area contributed by atoms with Gasteiger partial charge in [0.2, 0.25) is 0 Å². The van der Waals surface area contributed by atoms with E-state index in [4.69, 9.17) is 0 Å². The van der Waals surface area contributed by atoms with Crippen LogP contribution in [0.3, 0.4) is 0 Å². The summed E-state index contributed by atoms with van der Waals surface area (Å²) in [6, 6.07) is 6.77. The van der Waals surface area contributed by atoms with E-state index in [0.717, 1.165) is 5.92 Å². The van der Waals surface area contributed by atoms with E-state index in [1.807, 2.05) is 12.1 Å². The number of benzene rings is 1. The molecule has 122 valence electrons. The number of hydrogen-bond acceptors (Lipinski definition) is 2. The van der Waals surface area contributed by atoms with Crippen molar-refractivity contribution in [3.63, 3.8) is 0 Å². The molecule has 3 aliphatic rings. The second-order valence-corrected chi connectivity index (χ2v) is 7.86. The average Bonchev–Trinajstić information content (AvgIpc) is 3.26. The number of aromatic hydroxyl groups is 1. The summed E-state index contributed by atoms with van der Waals surface area (Å²) in [6.45, 7) is 7.46. The molecule has 1 saturated carbocycles. The van der Waals surface area contributed by atoms with E-state index in [9.17, 15) is 5.11 Å². The minimum Gasteiger partial charge on any atom is -0.508 e. The molecule has 3 heteroatoms. The number of rotatable bonds is 2. The van der Waals surface area contributed by atoms with E-state index in [2.05, 4.69) is 24.8 Å². The first-order valence-corrected chi connectivity index (χ1v) is 8.64. The van der Waals surface area contributed by atoms with Crippen LogP contribution in [0.2, 0.25) is 0 Å². The first kappa shape index (κ1) is 16.1. The molecule has 1 heterocycles. The molecule has 2 nitrogen and oxygen atoms in total. The lowest BCUT2D eigenvalue weighted by molar-refractivity contribution is 0.115. The number of phenols is 1. The van der Waals surface area contributed by atoms with Gasteiger partial charge in [0.15, 0.2) is 0 Å². The topological polar surface area (TPSA) is 23.5 Å². The summed E-state index contributed by atoms with van der Waals surface area (Å²) in [7, 11) is 0. The third kappa shape index (κ3) is 2.55. The van der Waals surface area contributed by atoms with Crippen molar-refractivity contribution in [2.75, 3.05) is 13.1 Å². The first-order valence-electron chi connectivity index (χ1n) is 8.64. The summed E-state index contributed by atoms with van der Waals surface area (Å²) in [5.74, 6) is 2.08. The molecule has 0 unspecified atom stereocenters. The summed E-state index contributed by atoms with van der Waals surface area (Å²) in [6.07, 6.45) is 6.60. The van der Waals surface area contributed by atoms with Crippen LogP contribution in [0.1, 0.15) is 50.7 Å². The fourth-order valence-corrected chi connectivity index (χ4v) is 4.83. The lowest BCUT2D eigenvalue weighted by Gasteiger charge is -2.47. The molecule has 2 aliphatic carbocycles. The molecule has 2 bridgehead atoms. The lowest BCUT2D eigenvalue weighted by atomic mass is 9.61. The van der Waals surface area contributed by atoms with Gasteiger partial charge in [-0.25, -0.2) is 0 Å². The van der Waals surface area contributed by atoms with Crippen molar-refractivity contribution in [2.24, 2.45) is 11.8 Å². The van der Waals surface area contributed by atoms with E-state index < -0.39 is 0 Å². The van der Waals surface area contributed by atoms with Crippen LogP contribution in [0.5, 0.6) is 5.75 Å². The van der Waals surface area contributed by atoms with Gasteiger partial charge in [0, 0.05) is 12.6 Å². The number of likely N-dealkylation sites (tertiary alicyclic amines) is 1. The molecule has 1 aliphatic heterocycles. The fraction of sp³-hybridized carbons (Fsp3) is 0.684. The molecule has 1 N–H and O–H groups in total. The van der Waals surface area contributed by atoms with Crippen molar-refractivity contribution in [1.82, 2.24) is 4.90 Å². The lowest BCUT2D eigenvalue weighted by Crippen LogP contribution is -2.50. The van der Waals surface area contributed by atoms with Crippen LogP contribution in [-0.4, -0.2) is 29.1 Å². The van der Waals surface area contributed by atoms with Gasteiger partial charge in [-0.3, -0.25) is 4.90 Å². The Labute approximate surface area is 140 Å². The van der Waals surface area contributed by atoms with E-state index in [0.29, 0.717) is 17.7 Å². The summed E-state index contributed by atoms with van der Waals surface area (Å²) in [5, 5.41) is 9.93. The zero-order valence-electron chi connectivity index (χ0n) is 13.7. The van der Waals surface area contributed by atoms with E-state index >= 15 is 0 Å². The highest BCUT2D eigenvalue weighted by Gasteiger charge is 2.47. The highest BCUT2D eigenvalue weighted by atomic mass is 35.5. The van der Waals surface area contributed by atoms with E-state index in [1.54, 1.807) is 0 Å². The van der Waals surface area contributed by atoms with Gasteiger partial charge in [0.1, 0.15) is 5.75 Å². The van der Waals surface area contributed by atoms with Gasteiger partial charge >= 0.3 is 0 Å². The van der Waals surface area contributed by atoms with E-state index in [1.165, 1.54) is 56.3 Å². The Morgan fingerprint density at radius 2 is 2.09 bits per heavy atom. The van der Waals surface area contributed by atoms with Crippen LogP contribution < -0.4 is 0 Å². The predicted octanol–water partition coefficient (Wildman–Crippen LogP) is 4.14. The van der Waals surface area contributed by atoms with Crippen molar-refractivity contribution in [1.29, 1.82) is 0 Å². The maximum atomic E-state index is 9.93. The molecule has 0 amide bonds. The summed E-state index contributed by atoms with van der Waals surface area (Å²) >= 11 is 0. The molecular formula is C19H28ClNO. The molecule has 0 spiro atoms. The van der Waals surface area contributed by atoms with Gasteiger partial charge < -0.3 is 5.11 Å². The monoisotopic (exact) mass is 321 g/mol. The van der Waals surface area contributed by atoms with Gasteiger partial charge in [-0.15, -0.1) is 12.4 Å². The highest BCUT2D eigenvalue weighted by Crippen LogP contribution is 2.49. The molecule has 2 fully saturated rings. The summed E-state index contributed by atoms with van der Waals surface area (Å²) in [4.78, 5) is 2.80. The Kier molecular flexibility index (Phi) is 4.20. The second-order valence-electron chi connectivity index (χ2n) is 7.86. The molecule has 0 aromatic heterocycles. The third-order valence-electron chi connectivity index (χ3n) is 6.52. The minimum absolute atomic E-state index is 0. The van der Waals surface area contributed by atoms with E-state index in [-0.39, 0.29) is 17.8 Å². The molecule has 1 aromatic carbocycles. The van der Waals surface area contributed by atoms with Gasteiger partial charge in [-0.1, -0.05) is 19.9 Å². The predicted molar refractivity (Wildman–Crippen MR) is 92.9 cm³/mol. The molecular weight excluding hydrogens is 294 g/mol. The van der Waals surface area contributed by atoms with Crippen molar-refractivity contribution >= 4 is 12.4 Å². The number of hydrogen-bond donors (Lipinski definition) is 1. The quantitative estimate of drug-likeness (QED) is 0.885. The number of halogens is 1. The van der Waals surface area contributed by atoms with Gasteiger partial charge in [0.05, 0.1) is 0 Å². The fourth-order valence-electron chi connectivity index (χ4n) is 4.83. The molecule has 4 rings (SSSR count). The Morgan fingerprint density at radius 3 is 2.82 bits per heavy atom. The van der Waals surface area contributed by atoms with Crippen LogP contribution in [0.4, 0.5) is 0 Å². The van der Waals surface area contributed by atoms with Crippen LogP contribution in [0, 0.1) is 11.8 Å². The van der Waals surface area contributed by atoms with Crippen LogP contribution >= 0.6 is 12.4 Å². The summed E-state index contributed by atoms with van der Waals surface area (Å²) < 4.78 is 0. The van der Waals surface area contributed by atoms with Gasteiger partial charge in [-0.05, 0) is 79.2 Å². The average molecular weight is 322 g/mol. The number of phenolic OH excluding ortho intramolecular Hbond substituents is 1. The first-order chi connectivity index (χ1) is 10.1. The number of nitrogens with zero attached hydrogens (tertiary/aromatic N) is 1. The smallest absolute Gasteiger partial charge is 0.115 e.